The van der Waals surface area contributed by atoms with Gasteiger partial charge in [0.15, 0.2) is 0 Å². The van der Waals surface area contributed by atoms with E-state index in [2.05, 4.69) is 9.17 Å². The third kappa shape index (κ3) is 5.00. The van der Waals surface area contributed by atoms with Crippen LogP contribution in [-0.2, 0) is 22.7 Å². The van der Waals surface area contributed by atoms with Crippen molar-refractivity contribution in [2.24, 2.45) is 0 Å². The second kappa shape index (κ2) is 8.78. The van der Waals surface area contributed by atoms with Gasteiger partial charge in [-0.05, 0) is 29.3 Å². The van der Waals surface area contributed by atoms with Crippen LogP contribution in [0.25, 0.3) is 10.9 Å². The number of halogens is 8. The zero-order chi connectivity index (χ0) is 25.6. The van der Waals surface area contributed by atoms with Gasteiger partial charge >= 0.3 is 27.8 Å². The second-order valence-corrected chi connectivity index (χ2v) is 9.06. The molecule has 1 heterocycles. The van der Waals surface area contributed by atoms with E-state index in [0.717, 1.165) is 6.07 Å². The zero-order valence-electron chi connectivity index (χ0n) is 16.1. The maximum absolute atomic E-state index is 13.7. The number of aromatic nitrogens is 1. The van der Waals surface area contributed by atoms with E-state index in [-0.39, 0.29) is 10.6 Å². The first-order chi connectivity index (χ1) is 15.5. The molecule has 0 fully saturated rings. The summed E-state index contributed by atoms with van der Waals surface area (Å²) >= 11 is 11.9. The normalized spacial score (nSPS) is 12.7. The first-order valence-electron chi connectivity index (χ1n) is 8.73. The Morgan fingerprint density at radius 3 is 2.21 bits per heavy atom. The summed E-state index contributed by atoms with van der Waals surface area (Å²) in [6.07, 6.45) is -5.69. The predicted octanol–water partition coefficient (Wildman–Crippen LogP) is 6.08. The zero-order valence-corrected chi connectivity index (χ0v) is 18.5. The highest BCUT2D eigenvalue weighted by molar-refractivity contribution is 7.88. The average molecular weight is 548 g/mol. The van der Waals surface area contributed by atoms with Crippen LogP contribution in [0.5, 0.6) is 5.88 Å². The van der Waals surface area contributed by atoms with Crippen LogP contribution in [0.3, 0.4) is 0 Å². The fourth-order valence-corrected chi connectivity index (χ4v) is 3.88. The Kier molecular flexibility index (Phi) is 6.68. The van der Waals surface area contributed by atoms with Crippen molar-refractivity contribution in [3.63, 3.8) is 0 Å². The van der Waals surface area contributed by atoms with Crippen LogP contribution < -0.4 is 4.18 Å². The SMILES string of the molecule is O=C(O)c1c(OS(=O)(=O)C(F)(F)F)nc2c(C(F)(F)F)cc(Cl)cc2c1Cc1ccccc1Cl. The summed E-state index contributed by atoms with van der Waals surface area (Å²) in [6.45, 7) is 0. The van der Waals surface area contributed by atoms with Crippen LogP contribution in [0.4, 0.5) is 26.3 Å². The molecule has 1 N–H and O–H groups in total. The van der Waals surface area contributed by atoms with Gasteiger partial charge in [-0.2, -0.15) is 34.8 Å². The molecule has 15 heteroatoms. The number of fused-ring (bicyclic) bond motifs is 1. The van der Waals surface area contributed by atoms with E-state index >= 15 is 0 Å². The Morgan fingerprint density at radius 1 is 1.06 bits per heavy atom. The quantitative estimate of drug-likeness (QED) is 0.236. The molecule has 182 valence electrons. The number of benzene rings is 2. The highest BCUT2D eigenvalue weighted by Crippen LogP contribution is 2.41. The summed E-state index contributed by atoms with van der Waals surface area (Å²) in [5, 5.41) is 8.72. The van der Waals surface area contributed by atoms with Gasteiger partial charge < -0.3 is 9.29 Å². The number of carbonyl (C=O) groups is 1. The minimum absolute atomic E-state index is 0.0484. The molecule has 3 rings (SSSR count). The number of hydrogen-bond acceptors (Lipinski definition) is 5. The number of rotatable bonds is 5. The molecule has 6 nitrogen and oxygen atoms in total. The average Bonchev–Trinajstić information content (AvgIpc) is 2.67. The minimum Gasteiger partial charge on any atom is -0.477 e. The third-order valence-electron chi connectivity index (χ3n) is 4.45. The van der Waals surface area contributed by atoms with Crippen molar-refractivity contribution in [2.45, 2.75) is 18.1 Å². The molecule has 0 aliphatic carbocycles. The number of nitrogens with zero attached hydrogens (tertiary/aromatic N) is 1. The van der Waals surface area contributed by atoms with Gasteiger partial charge in [-0.1, -0.05) is 41.4 Å². The molecule has 0 spiro atoms. The molecule has 0 bridgehead atoms. The van der Waals surface area contributed by atoms with Crippen LogP contribution in [0, 0.1) is 0 Å². The van der Waals surface area contributed by atoms with Crippen molar-refractivity contribution in [3.05, 3.63) is 68.7 Å². The van der Waals surface area contributed by atoms with Gasteiger partial charge in [0, 0.05) is 21.9 Å². The molecule has 34 heavy (non-hydrogen) atoms. The molecule has 0 atom stereocenters. The van der Waals surface area contributed by atoms with Gasteiger partial charge in [0.25, 0.3) is 0 Å². The number of aromatic carboxylic acids is 1. The van der Waals surface area contributed by atoms with Crippen LogP contribution in [0.15, 0.2) is 36.4 Å². The van der Waals surface area contributed by atoms with Crippen molar-refractivity contribution in [1.29, 1.82) is 0 Å². The van der Waals surface area contributed by atoms with Crippen LogP contribution in [0.1, 0.15) is 27.0 Å². The summed E-state index contributed by atoms with van der Waals surface area (Å²) < 4.78 is 107. The molecule has 1 aromatic heterocycles. The first-order valence-corrected chi connectivity index (χ1v) is 10.9. The number of pyridine rings is 1. The second-order valence-electron chi connectivity index (χ2n) is 6.67. The summed E-state index contributed by atoms with van der Waals surface area (Å²) in [4.78, 5) is 15.2. The smallest absolute Gasteiger partial charge is 0.477 e. The summed E-state index contributed by atoms with van der Waals surface area (Å²) in [5.74, 6) is -3.72. The van der Waals surface area contributed by atoms with Gasteiger partial charge in [0.1, 0.15) is 5.56 Å². The Morgan fingerprint density at radius 2 is 1.68 bits per heavy atom. The van der Waals surface area contributed by atoms with E-state index in [4.69, 9.17) is 23.2 Å². The van der Waals surface area contributed by atoms with E-state index in [1.54, 1.807) is 0 Å². The van der Waals surface area contributed by atoms with Gasteiger partial charge in [0.2, 0.25) is 5.88 Å². The summed E-state index contributed by atoms with van der Waals surface area (Å²) in [6, 6.07) is 7.03. The largest absolute Gasteiger partial charge is 0.534 e. The van der Waals surface area contributed by atoms with Gasteiger partial charge in [-0.3, -0.25) is 0 Å². The number of carboxylic acids is 1. The third-order valence-corrected chi connectivity index (χ3v) is 5.98. The van der Waals surface area contributed by atoms with E-state index in [9.17, 15) is 44.7 Å². The predicted molar refractivity (Wildman–Crippen MR) is 109 cm³/mol. The lowest BCUT2D eigenvalue weighted by Crippen LogP contribution is -2.29. The first kappa shape index (κ1) is 25.8. The van der Waals surface area contributed by atoms with E-state index in [1.165, 1.54) is 24.3 Å². The lowest BCUT2D eigenvalue weighted by molar-refractivity contribution is -0.136. The Balaban J connectivity index is 2.49. The molecule has 0 radical (unpaired) electrons. The highest BCUT2D eigenvalue weighted by atomic mass is 35.5. The Labute approximate surface area is 196 Å². The van der Waals surface area contributed by atoms with E-state index in [1.807, 2.05) is 0 Å². The van der Waals surface area contributed by atoms with E-state index in [0.29, 0.717) is 6.07 Å². The monoisotopic (exact) mass is 547 g/mol. The molecule has 0 aliphatic rings. The van der Waals surface area contributed by atoms with Crippen LogP contribution >= 0.6 is 23.2 Å². The fourth-order valence-electron chi connectivity index (χ4n) is 3.03. The Hall–Kier alpha value is -2.77. The Bertz CT molecular complexity index is 1410. The molecule has 0 aliphatic heterocycles. The van der Waals surface area contributed by atoms with Crippen molar-refractivity contribution < 1.29 is 48.8 Å². The van der Waals surface area contributed by atoms with Crippen molar-refractivity contribution >= 4 is 50.2 Å². The van der Waals surface area contributed by atoms with Crippen LogP contribution in [-0.4, -0.2) is 30.0 Å². The maximum atomic E-state index is 13.7. The number of alkyl halides is 6. The standard InChI is InChI=1S/C19H9Cl2F6NO5S/c20-9-6-11-10(5-8-3-1-2-4-13(8)21)14(17(29)30)16(33-34(31,32)19(25,26)27)28-15(11)12(7-9)18(22,23)24/h1-4,6-7H,5H2,(H,29,30). The van der Waals surface area contributed by atoms with Crippen molar-refractivity contribution in [1.82, 2.24) is 4.98 Å². The maximum Gasteiger partial charge on any atom is 0.534 e. The molecular formula is C19H9Cl2F6NO5S. The molecule has 2 aromatic carbocycles. The lowest BCUT2D eigenvalue weighted by atomic mass is 9.94. The fraction of sp³-hybridized carbons (Fsp3) is 0.158. The highest BCUT2D eigenvalue weighted by Gasteiger charge is 2.49. The topological polar surface area (TPSA) is 93.6 Å². The lowest BCUT2D eigenvalue weighted by Gasteiger charge is -2.18. The molecule has 0 unspecified atom stereocenters. The van der Waals surface area contributed by atoms with Gasteiger partial charge in [-0.15, -0.1) is 0 Å². The number of carboxylic acid groups (broad SMARTS) is 1. The van der Waals surface area contributed by atoms with Crippen LogP contribution in [0.2, 0.25) is 10.0 Å². The van der Waals surface area contributed by atoms with E-state index < -0.39 is 72.7 Å². The minimum atomic E-state index is -6.49. The summed E-state index contributed by atoms with van der Waals surface area (Å²) in [5.41, 5.74) is -10.2. The summed E-state index contributed by atoms with van der Waals surface area (Å²) in [7, 11) is -6.49. The molecule has 3 aromatic rings. The van der Waals surface area contributed by atoms with Crippen molar-refractivity contribution in [2.75, 3.05) is 0 Å². The van der Waals surface area contributed by atoms with Crippen molar-refractivity contribution in [3.8, 4) is 5.88 Å². The van der Waals surface area contributed by atoms with Gasteiger partial charge in [0.05, 0.1) is 11.1 Å². The molecule has 0 saturated carbocycles. The molecule has 0 amide bonds. The molecule has 0 saturated heterocycles. The molecular weight excluding hydrogens is 539 g/mol. The van der Waals surface area contributed by atoms with Gasteiger partial charge in [-0.25, -0.2) is 9.78 Å². The number of hydrogen-bond donors (Lipinski definition) is 1.